The molecule has 1 aromatic carbocycles. The number of alkyl halides is 1. The van der Waals surface area contributed by atoms with Crippen molar-refractivity contribution in [1.82, 2.24) is 9.97 Å². The molecule has 0 fully saturated rings. The lowest BCUT2D eigenvalue weighted by molar-refractivity contribution is 0.906. The number of nitrogens with one attached hydrogen (secondary N) is 1. The fourth-order valence-corrected chi connectivity index (χ4v) is 3.40. The van der Waals surface area contributed by atoms with Crippen LogP contribution in [0, 0.1) is 11.3 Å². The van der Waals surface area contributed by atoms with E-state index >= 15 is 0 Å². The van der Waals surface area contributed by atoms with Gasteiger partial charge in [-0.25, -0.2) is 4.98 Å². The summed E-state index contributed by atoms with van der Waals surface area (Å²) in [6.07, 6.45) is 5.83. The van der Waals surface area contributed by atoms with Gasteiger partial charge in [0.15, 0.2) is 0 Å². The van der Waals surface area contributed by atoms with E-state index in [4.69, 9.17) is 0 Å². The van der Waals surface area contributed by atoms with Gasteiger partial charge in [-0.2, -0.15) is 5.26 Å². The Bertz CT molecular complexity index is 854. The number of nitriles is 1. The Morgan fingerprint density at radius 2 is 2.27 bits per heavy atom. The van der Waals surface area contributed by atoms with Crippen LogP contribution in [0.15, 0.2) is 35.8 Å². The van der Waals surface area contributed by atoms with Crippen molar-refractivity contribution in [2.45, 2.75) is 12.8 Å². The first-order chi connectivity index (χ1) is 10.8. The third-order valence-electron chi connectivity index (χ3n) is 3.39. The van der Waals surface area contributed by atoms with E-state index in [2.05, 4.69) is 38.0 Å². The highest BCUT2D eigenvalue weighted by atomic mass is 79.9. The Labute approximate surface area is 141 Å². The fraction of sp³-hybridized carbons (Fsp3) is 0.176. The van der Waals surface area contributed by atoms with E-state index in [1.807, 2.05) is 35.9 Å². The number of aryl methyl sites for hydroxylation is 1. The smallest absolute Gasteiger partial charge is 0.134 e. The molecule has 2 aromatic heterocycles. The van der Waals surface area contributed by atoms with Crippen molar-refractivity contribution < 1.29 is 0 Å². The largest absolute Gasteiger partial charge is 0.361 e. The summed E-state index contributed by atoms with van der Waals surface area (Å²) < 4.78 is 0. The maximum absolute atomic E-state index is 9.47. The summed E-state index contributed by atoms with van der Waals surface area (Å²) in [4.78, 5) is 7.80. The average molecular weight is 372 g/mol. The van der Waals surface area contributed by atoms with Gasteiger partial charge < -0.3 is 4.98 Å². The molecule has 3 nitrogen and oxygen atoms in total. The van der Waals surface area contributed by atoms with Crippen molar-refractivity contribution >= 4 is 49.8 Å². The van der Waals surface area contributed by atoms with Crippen LogP contribution in [-0.2, 0) is 6.42 Å². The number of halogens is 1. The average Bonchev–Trinajstić information content (AvgIpc) is 3.18. The summed E-state index contributed by atoms with van der Waals surface area (Å²) >= 11 is 4.96. The van der Waals surface area contributed by atoms with Crippen LogP contribution in [-0.4, -0.2) is 15.3 Å². The monoisotopic (exact) mass is 371 g/mol. The predicted molar refractivity (Wildman–Crippen MR) is 96.0 cm³/mol. The first kappa shape index (κ1) is 15.0. The number of fused-ring (bicyclic) bond motifs is 1. The number of allylic oxidation sites excluding steroid dienone is 1. The van der Waals surface area contributed by atoms with Gasteiger partial charge in [0.2, 0.25) is 0 Å². The normalized spacial score (nSPS) is 11.7. The molecule has 0 saturated carbocycles. The molecule has 5 heteroatoms. The van der Waals surface area contributed by atoms with Crippen molar-refractivity contribution in [1.29, 1.82) is 5.26 Å². The van der Waals surface area contributed by atoms with Crippen molar-refractivity contribution in [3.8, 4) is 6.07 Å². The van der Waals surface area contributed by atoms with Gasteiger partial charge in [-0.3, -0.25) is 0 Å². The fourth-order valence-electron chi connectivity index (χ4n) is 2.30. The molecule has 1 N–H and O–H groups in total. The molecule has 0 aliphatic carbocycles. The highest BCUT2D eigenvalue weighted by Crippen LogP contribution is 2.26. The summed E-state index contributed by atoms with van der Waals surface area (Å²) in [6.45, 7) is 0. The molecule has 22 heavy (non-hydrogen) atoms. The summed E-state index contributed by atoms with van der Waals surface area (Å²) in [5.74, 6) is 0. The molecule has 0 saturated heterocycles. The maximum atomic E-state index is 9.47. The van der Waals surface area contributed by atoms with Crippen molar-refractivity contribution in [2.75, 3.05) is 5.33 Å². The summed E-state index contributed by atoms with van der Waals surface area (Å²) in [5.41, 5.74) is 3.76. The van der Waals surface area contributed by atoms with E-state index in [1.54, 1.807) is 0 Å². The molecular weight excluding hydrogens is 358 g/mol. The van der Waals surface area contributed by atoms with Gasteiger partial charge in [-0.15, -0.1) is 11.3 Å². The van der Waals surface area contributed by atoms with Gasteiger partial charge in [0.1, 0.15) is 11.1 Å². The van der Waals surface area contributed by atoms with Gasteiger partial charge in [0.25, 0.3) is 0 Å². The second-order valence-electron chi connectivity index (χ2n) is 4.90. The van der Waals surface area contributed by atoms with E-state index in [0.717, 1.165) is 45.3 Å². The minimum atomic E-state index is 0.611. The number of aromatic amines is 1. The molecular formula is C17H14BrN3S. The number of H-pyrrole nitrogens is 1. The van der Waals surface area contributed by atoms with E-state index in [9.17, 15) is 5.26 Å². The quantitative estimate of drug-likeness (QED) is 0.505. The van der Waals surface area contributed by atoms with E-state index < -0.39 is 0 Å². The SMILES string of the molecule is N#C/C(=C/c1c[nH]c2ccccc12)c1nc(CCCBr)cs1. The van der Waals surface area contributed by atoms with Crippen LogP contribution < -0.4 is 0 Å². The number of benzene rings is 1. The van der Waals surface area contributed by atoms with Gasteiger partial charge in [-0.1, -0.05) is 34.1 Å². The molecule has 110 valence electrons. The number of hydrogen-bond acceptors (Lipinski definition) is 3. The molecule has 0 aliphatic rings. The number of thiazole rings is 1. The third kappa shape index (κ3) is 3.13. The second kappa shape index (κ2) is 6.91. The Kier molecular flexibility index (Phi) is 4.71. The van der Waals surface area contributed by atoms with Crippen LogP contribution in [0.2, 0.25) is 0 Å². The summed E-state index contributed by atoms with van der Waals surface area (Å²) in [7, 11) is 0. The zero-order valence-corrected chi connectivity index (χ0v) is 14.2. The lowest BCUT2D eigenvalue weighted by atomic mass is 10.1. The topological polar surface area (TPSA) is 52.5 Å². The third-order valence-corrected chi connectivity index (χ3v) is 4.88. The molecule has 0 radical (unpaired) electrons. The second-order valence-corrected chi connectivity index (χ2v) is 6.55. The number of aromatic nitrogens is 2. The Morgan fingerprint density at radius 3 is 3.09 bits per heavy atom. The summed E-state index contributed by atoms with van der Waals surface area (Å²) in [5, 5.41) is 14.4. The van der Waals surface area contributed by atoms with Crippen LogP contribution in [0.1, 0.15) is 22.7 Å². The van der Waals surface area contributed by atoms with Crippen LogP contribution >= 0.6 is 27.3 Å². The van der Waals surface area contributed by atoms with E-state index in [1.165, 1.54) is 11.3 Å². The molecule has 3 rings (SSSR count). The molecule has 0 unspecified atom stereocenters. The number of rotatable bonds is 5. The number of para-hydroxylation sites is 1. The van der Waals surface area contributed by atoms with E-state index in [0.29, 0.717) is 5.57 Å². The van der Waals surface area contributed by atoms with Crippen molar-refractivity contribution in [2.24, 2.45) is 0 Å². The lowest BCUT2D eigenvalue weighted by Gasteiger charge is -1.95. The zero-order valence-electron chi connectivity index (χ0n) is 11.8. The molecule has 0 aliphatic heterocycles. The number of nitrogens with zero attached hydrogens (tertiary/aromatic N) is 2. The highest BCUT2D eigenvalue weighted by molar-refractivity contribution is 9.09. The molecule has 0 amide bonds. The highest BCUT2D eigenvalue weighted by Gasteiger charge is 2.09. The Morgan fingerprint density at radius 1 is 1.41 bits per heavy atom. The van der Waals surface area contributed by atoms with E-state index in [-0.39, 0.29) is 0 Å². The van der Waals surface area contributed by atoms with Crippen LogP contribution in [0.5, 0.6) is 0 Å². The Balaban J connectivity index is 1.93. The van der Waals surface area contributed by atoms with Crippen molar-refractivity contribution in [3.05, 3.63) is 52.1 Å². The molecule has 2 heterocycles. The van der Waals surface area contributed by atoms with Gasteiger partial charge in [-0.05, 0) is 25.0 Å². The van der Waals surface area contributed by atoms with Crippen LogP contribution in [0.4, 0.5) is 0 Å². The maximum Gasteiger partial charge on any atom is 0.134 e. The number of hydrogen-bond donors (Lipinski definition) is 1. The first-order valence-electron chi connectivity index (χ1n) is 7.00. The van der Waals surface area contributed by atoms with Crippen LogP contribution in [0.25, 0.3) is 22.6 Å². The molecule has 0 bridgehead atoms. The molecule has 0 atom stereocenters. The van der Waals surface area contributed by atoms with Crippen LogP contribution in [0.3, 0.4) is 0 Å². The minimum absolute atomic E-state index is 0.611. The minimum Gasteiger partial charge on any atom is -0.361 e. The predicted octanol–water partition coefficient (Wildman–Crippen LogP) is 5.02. The van der Waals surface area contributed by atoms with Gasteiger partial charge in [0.05, 0.1) is 11.3 Å². The standard InChI is InChI=1S/C17H14BrN3S/c18-7-3-4-14-11-22-17(21-14)12(9-19)8-13-10-20-16-6-2-1-5-15(13)16/h1-2,5-6,8,10-11,20H,3-4,7H2/b12-8-. The lowest BCUT2D eigenvalue weighted by Crippen LogP contribution is -1.87. The van der Waals surface area contributed by atoms with Crippen molar-refractivity contribution in [3.63, 3.8) is 0 Å². The Hall–Kier alpha value is -1.90. The first-order valence-corrected chi connectivity index (χ1v) is 9.00. The van der Waals surface area contributed by atoms with Gasteiger partial charge >= 0.3 is 0 Å². The summed E-state index contributed by atoms with van der Waals surface area (Å²) in [6, 6.07) is 10.4. The van der Waals surface area contributed by atoms with Gasteiger partial charge in [0, 0.05) is 33.4 Å². The zero-order chi connectivity index (χ0) is 15.4. The molecule has 3 aromatic rings. The molecule has 0 spiro atoms.